The maximum atomic E-state index is 3.95. The van der Waals surface area contributed by atoms with Gasteiger partial charge in [-0.2, -0.15) is 0 Å². The molecule has 92 valence electrons. The van der Waals surface area contributed by atoms with Crippen molar-refractivity contribution in [3.8, 4) is 0 Å². The Labute approximate surface area is 113 Å². The van der Waals surface area contributed by atoms with Gasteiger partial charge < -0.3 is 0 Å². The summed E-state index contributed by atoms with van der Waals surface area (Å²) in [5, 5.41) is 0. The molecule has 0 bridgehead atoms. The van der Waals surface area contributed by atoms with Gasteiger partial charge in [0.15, 0.2) is 0 Å². The van der Waals surface area contributed by atoms with E-state index in [1.807, 2.05) is 0 Å². The van der Waals surface area contributed by atoms with E-state index in [1.165, 1.54) is 38.5 Å². The molecule has 4 atom stereocenters. The Bertz CT molecular complexity index is 359. The number of alkyl halides is 1. The Kier molecular flexibility index (Phi) is 3.56. The molecule has 1 aromatic rings. The number of benzene rings is 1. The van der Waals surface area contributed by atoms with Gasteiger partial charge in [0.2, 0.25) is 0 Å². The van der Waals surface area contributed by atoms with E-state index in [0.29, 0.717) is 0 Å². The van der Waals surface area contributed by atoms with E-state index in [4.69, 9.17) is 0 Å². The first-order valence-electron chi connectivity index (χ1n) is 7.05. The summed E-state index contributed by atoms with van der Waals surface area (Å²) in [6, 6.07) is 11.1. The van der Waals surface area contributed by atoms with Gasteiger partial charge in [0.05, 0.1) is 0 Å². The Morgan fingerprint density at radius 2 is 1.65 bits per heavy atom. The van der Waals surface area contributed by atoms with Crippen LogP contribution >= 0.6 is 15.9 Å². The molecule has 0 aromatic heterocycles. The largest absolute Gasteiger partial charge is 0.0888 e. The van der Waals surface area contributed by atoms with Crippen molar-refractivity contribution in [3.63, 3.8) is 0 Å². The van der Waals surface area contributed by atoms with Gasteiger partial charge in [-0.05, 0) is 42.6 Å². The predicted octanol–water partition coefficient (Wildman–Crippen LogP) is 5.13. The van der Waals surface area contributed by atoms with Gasteiger partial charge in [0.1, 0.15) is 0 Å². The van der Waals surface area contributed by atoms with Crippen molar-refractivity contribution in [3.05, 3.63) is 35.9 Å². The molecule has 2 saturated carbocycles. The van der Waals surface area contributed by atoms with Crippen molar-refractivity contribution in [2.45, 2.75) is 49.3 Å². The van der Waals surface area contributed by atoms with Crippen LogP contribution in [-0.2, 0) is 0 Å². The van der Waals surface area contributed by atoms with Gasteiger partial charge in [-0.15, -0.1) is 0 Å². The maximum Gasteiger partial charge on any atom is 0.0176 e. The second-order valence-corrected chi connectivity index (χ2v) is 6.91. The van der Waals surface area contributed by atoms with Crippen LogP contribution in [0.25, 0.3) is 0 Å². The van der Waals surface area contributed by atoms with Crippen LogP contribution in [0, 0.1) is 11.8 Å². The molecule has 0 saturated heterocycles. The fraction of sp³-hybridized carbons (Fsp3) is 0.625. The summed E-state index contributed by atoms with van der Waals surface area (Å²) in [6.07, 6.45) is 8.59. The van der Waals surface area contributed by atoms with E-state index < -0.39 is 0 Å². The number of hydrogen-bond acceptors (Lipinski definition) is 0. The second kappa shape index (κ2) is 5.14. The molecule has 0 aliphatic heterocycles. The van der Waals surface area contributed by atoms with Crippen LogP contribution in [0.4, 0.5) is 0 Å². The van der Waals surface area contributed by atoms with Crippen LogP contribution in [0.1, 0.15) is 50.0 Å². The van der Waals surface area contributed by atoms with E-state index in [1.54, 1.807) is 5.56 Å². The molecule has 0 nitrogen and oxygen atoms in total. The maximum absolute atomic E-state index is 3.95. The number of hydrogen-bond donors (Lipinski definition) is 0. The molecular weight excluding hydrogens is 272 g/mol. The minimum absolute atomic E-state index is 0.781. The average Bonchev–Trinajstić information content (AvgIpc) is 3.14. The highest BCUT2D eigenvalue weighted by Gasteiger charge is 2.45. The Morgan fingerprint density at radius 1 is 0.882 bits per heavy atom. The standard InChI is InChI=1S/C16H21Br/c17-16-10-6-2-5-9-13(16)15-11-14(15)12-7-3-1-4-8-12/h1,3-4,7-8,13-16H,2,5-6,9-11H2. The summed E-state index contributed by atoms with van der Waals surface area (Å²) in [7, 11) is 0. The lowest BCUT2D eigenvalue weighted by atomic mass is 9.92. The van der Waals surface area contributed by atoms with Gasteiger partial charge >= 0.3 is 0 Å². The lowest BCUT2D eigenvalue weighted by molar-refractivity contribution is 0.415. The van der Waals surface area contributed by atoms with Gasteiger partial charge in [-0.25, -0.2) is 0 Å². The van der Waals surface area contributed by atoms with E-state index in [2.05, 4.69) is 46.3 Å². The molecule has 1 heteroatoms. The third kappa shape index (κ3) is 2.59. The average molecular weight is 293 g/mol. The van der Waals surface area contributed by atoms with E-state index in [0.717, 1.165) is 22.6 Å². The van der Waals surface area contributed by atoms with E-state index in [9.17, 15) is 0 Å². The summed E-state index contributed by atoms with van der Waals surface area (Å²) in [6.45, 7) is 0. The van der Waals surface area contributed by atoms with Crippen LogP contribution in [0.2, 0.25) is 0 Å². The van der Waals surface area contributed by atoms with Crippen molar-refractivity contribution < 1.29 is 0 Å². The van der Waals surface area contributed by atoms with E-state index >= 15 is 0 Å². The summed E-state index contributed by atoms with van der Waals surface area (Å²) >= 11 is 3.95. The molecule has 0 radical (unpaired) electrons. The lowest BCUT2D eigenvalue weighted by Gasteiger charge is -2.20. The zero-order valence-corrected chi connectivity index (χ0v) is 11.9. The molecule has 2 aliphatic carbocycles. The molecule has 2 aliphatic rings. The van der Waals surface area contributed by atoms with Crippen LogP contribution in [0.15, 0.2) is 30.3 Å². The fourth-order valence-electron chi connectivity index (χ4n) is 3.54. The van der Waals surface area contributed by atoms with Crippen LogP contribution in [0.5, 0.6) is 0 Å². The fourth-order valence-corrected chi connectivity index (χ4v) is 4.52. The van der Waals surface area contributed by atoms with Crippen molar-refractivity contribution in [1.29, 1.82) is 0 Å². The normalized spacial score (nSPS) is 37.5. The summed E-state index contributed by atoms with van der Waals surface area (Å²) in [5.74, 6) is 2.75. The van der Waals surface area contributed by atoms with Crippen molar-refractivity contribution in [2.75, 3.05) is 0 Å². The van der Waals surface area contributed by atoms with Crippen molar-refractivity contribution >= 4 is 15.9 Å². The minimum atomic E-state index is 0.781. The summed E-state index contributed by atoms with van der Waals surface area (Å²) in [4.78, 5) is 0.781. The van der Waals surface area contributed by atoms with Crippen molar-refractivity contribution in [1.82, 2.24) is 0 Å². The first-order valence-corrected chi connectivity index (χ1v) is 7.97. The van der Waals surface area contributed by atoms with Gasteiger partial charge in [0, 0.05) is 4.83 Å². The molecule has 3 rings (SSSR count). The number of rotatable bonds is 2. The van der Waals surface area contributed by atoms with Crippen molar-refractivity contribution in [2.24, 2.45) is 11.8 Å². The highest BCUT2D eigenvalue weighted by molar-refractivity contribution is 9.09. The minimum Gasteiger partial charge on any atom is -0.0888 e. The summed E-state index contributed by atoms with van der Waals surface area (Å²) in [5.41, 5.74) is 1.57. The first kappa shape index (κ1) is 11.8. The molecule has 2 fully saturated rings. The molecular formula is C16H21Br. The molecule has 0 N–H and O–H groups in total. The zero-order valence-electron chi connectivity index (χ0n) is 10.3. The molecule has 1 aromatic carbocycles. The quantitative estimate of drug-likeness (QED) is 0.523. The SMILES string of the molecule is BrC1CCCCCC1C1CC1c1ccccc1. The third-order valence-corrected chi connectivity index (χ3v) is 5.74. The van der Waals surface area contributed by atoms with Gasteiger partial charge in [-0.1, -0.05) is 65.5 Å². The first-order chi connectivity index (χ1) is 8.36. The Morgan fingerprint density at radius 3 is 2.47 bits per heavy atom. The third-order valence-electron chi connectivity index (χ3n) is 4.60. The lowest BCUT2D eigenvalue weighted by Crippen LogP contribution is -2.15. The molecule has 0 amide bonds. The highest BCUT2D eigenvalue weighted by Crippen LogP contribution is 2.55. The van der Waals surface area contributed by atoms with Crippen LogP contribution in [-0.4, -0.2) is 4.83 Å². The Balaban J connectivity index is 1.67. The Hall–Kier alpha value is -0.300. The molecule has 17 heavy (non-hydrogen) atoms. The predicted molar refractivity (Wildman–Crippen MR) is 76.6 cm³/mol. The summed E-state index contributed by atoms with van der Waals surface area (Å²) < 4.78 is 0. The topological polar surface area (TPSA) is 0 Å². The van der Waals surface area contributed by atoms with E-state index in [-0.39, 0.29) is 0 Å². The second-order valence-electron chi connectivity index (χ2n) is 5.73. The monoisotopic (exact) mass is 292 g/mol. The molecule has 4 unspecified atom stereocenters. The number of halogens is 1. The smallest absolute Gasteiger partial charge is 0.0176 e. The van der Waals surface area contributed by atoms with Crippen LogP contribution < -0.4 is 0 Å². The van der Waals surface area contributed by atoms with Crippen LogP contribution in [0.3, 0.4) is 0 Å². The molecule has 0 heterocycles. The van der Waals surface area contributed by atoms with Gasteiger partial charge in [0.25, 0.3) is 0 Å². The zero-order chi connectivity index (χ0) is 11.7. The van der Waals surface area contributed by atoms with Gasteiger partial charge in [-0.3, -0.25) is 0 Å². The highest BCUT2D eigenvalue weighted by atomic mass is 79.9. The molecule has 0 spiro atoms.